The van der Waals surface area contributed by atoms with Gasteiger partial charge in [-0.15, -0.1) is 11.3 Å². The summed E-state index contributed by atoms with van der Waals surface area (Å²) in [6.45, 7) is 15.5. The van der Waals surface area contributed by atoms with Gasteiger partial charge in [-0.1, -0.05) is 97.4 Å². The van der Waals surface area contributed by atoms with Gasteiger partial charge in [-0.25, -0.2) is 14.6 Å². The first-order valence-corrected chi connectivity index (χ1v) is 33.9. The fourth-order valence-corrected chi connectivity index (χ4v) is 12.2. The molecule has 0 spiro atoms. The van der Waals surface area contributed by atoms with Crippen molar-refractivity contribution in [2.75, 3.05) is 52.8 Å². The Balaban J connectivity index is 1.39. The van der Waals surface area contributed by atoms with Crippen molar-refractivity contribution in [2.24, 2.45) is 40.9 Å². The van der Waals surface area contributed by atoms with Crippen molar-refractivity contribution >= 4 is 76.4 Å². The van der Waals surface area contributed by atoms with E-state index in [0.717, 1.165) is 10.6 Å². The van der Waals surface area contributed by atoms with Crippen LogP contribution in [0, 0.1) is 23.7 Å². The fourth-order valence-electron chi connectivity index (χ4n) is 11.5. The van der Waals surface area contributed by atoms with Crippen LogP contribution in [0.1, 0.15) is 142 Å². The Bertz CT molecular complexity index is 2980. The highest BCUT2D eigenvalue weighted by Gasteiger charge is 2.44. The third-order valence-electron chi connectivity index (χ3n) is 17.4. The van der Waals surface area contributed by atoms with Gasteiger partial charge in [-0.2, -0.15) is 0 Å². The summed E-state index contributed by atoms with van der Waals surface area (Å²) in [6.07, 6.45) is 3.13. The van der Waals surface area contributed by atoms with E-state index in [0.29, 0.717) is 62.9 Å². The number of ether oxygens (including phenoxy) is 3. The summed E-state index contributed by atoms with van der Waals surface area (Å²) in [7, 11) is 4.68. The molecular formula is C67H106N14O14S. The minimum atomic E-state index is -1.60. The monoisotopic (exact) mass is 1360 g/mol. The first-order chi connectivity index (χ1) is 45.5. The number of urea groups is 1. The second-order valence-electron chi connectivity index (χ2n) is 25.8. The van der Waals surface area contributed by atoms with E-state index < -0.39 is 132 Å². The topological polar surface area (TPSA) is 412 Å². The van der Waals surface area contributed by atoms with Crippen LogP contribution in [0.5, 0.6) is 0 Å². The van der Waals surface area contributed by atoms with Crippen LogP contribution in [0.4, 0.5) is 15.3 Å². The van der Waals surface area contributed by atoms with E-state index in [1.807, 2.05) is 56.5 Å². The summed E-state index contributed by atoms with van der Waals surface area (Å²) in [5.41, 5.74) is 16.8. The van der Waals surface area contributed by atoms with E-state index in [1.54, 1.807) is 65.1 Å². The number of nitrogens with zero attached hydrogens (tertiary/aromatic N) is 3. The molecule has 1 aliphatic heterocycles. The van der Waals surface area contributed by atoms with Gasteiger partial charge in [0.2, 0.25) is 47.3 Å². The Morgan fingerprint density at radius 1 is 0.781 bits per heavy atom. The molecule has 3 aromatic rings. The molecule has 12 atom stereocenters. The smallest absolute Gasteiger partial charge is 0.408 e. The Kier molecular flexibility index (Phi) is 33.6. The molecule has 4 rings (SSSR count). The minimum Gasteiger partial charge on any atom is -0.445 e. The summed E-state index contributed by atoms with van der Waals surface area (Å²) in [5.74, 6) is -6.13. The molecule has 0 unspecified atom stereocenters. The van der Waals surface area contributed by atoms with Crippen molar-refractivity contribution < 1.29 is 67.3 Å². The number of primary amides is 1. The number of methoxy groups -OCH3 is 2. The number of rotatable bonds is 40. The summed E-state index contributed by atoms with van der Waals surface area (Å²) >= 11 is 1.46. The maximum absolute atomic E-state index is 14.7. The molecule has 1 saturated heterocycles. The molecule has 0 radical (unpaired) electrons. The number of aliphatic hydroxyl groups excluding tert-OH is 1. The summed E-state index contributed by atoms with van der Waals surface area (Å²) in [5, 5.41) is 33.8. The van der Waals surface area contributed by atoms with Crippen LogP contribution in [0.3, 0.4) is 0 Å². The number of benzene rings is 2. The molecule has 1 aromatic heterocycles. The van der Waals surface area contributed by atoms with Crippen molar-refractivity contribution in [3.63, 3.8) is 0 Å². The number of nitrogens with two attached hydrogens (primary N) is 3. The number of aliphatic hydroxyl groups is 1. The average molecular weight is 1360 g/mol. The van der Waals surface area contributed by atoms with Crippen molar-refractivity contribution in [1.82, 2.24) is 52.0 Å². The number of aromatic nitrogens is 1. The van der Waals surface area contributed by atoms with Gasteiger partial charge in [0.1, 0.15) is 47.4 Å². The molecule has 2 heterocycles. The number of likely N-dealkylation sites (N-methyl/N-ethyl adjacent to an activating group) is 1. The van der Waals surface area contributed by atoms with Gasteiger partial charge < -0.3 is 88.9 Å². The lowest BCUT2D eigenvalue weighted by Crippen LogP contribution is -2.62. The number of anilines is 1. The van der Waals surface area contributed by atoms with Crippen LogP contribution in [-0.2, 0) is 65.6 Å². The zero-order valence-electron chi connectivity index (χ0n) is 57.8. The zero-order chi connectivity index (χ0) is 71.4. The van der Waals surface area contributed by atoms with Crippen LogP contribution in [-0.4, -0.2) is 187 Å². The lowest BCUT2D eigenvalue weighted by Gasteiger charge is -2.41. The second kappa shape index (κ2) is 40.0. The lowest BCUT2D eigenvalue weighted by atomic mass is 9.89. The van der Waals surface area contributed by atoms with Gasteiger partial charge in [0, 0.05) is 51.6 Å². The predicted molar refractivity (Wildman–Crippen MR) is 364 cm³/mol. The molecule has 0 aliphatic carbocycles. The van der Waals surface area contributed by atoms with E-state index in [9.17, 15) is 53.1 Å². The van der Waals surface area contributed by atoms with Gasteiger partial charge in [-0.05, 0) is 113 Å². The van der Waals surface area contributed by atoms with Gasteiger partial charge in [0.05, 0.1) is 49.3 Å². The summed E-state index contributed by atoms with van der Waals surface area (Å²) in [6, 6.07) is 8.04. The quantitative estimate of drug-likeness (QED) is 0.0364. The van der Waals surface area contributed by atoms with Gasteiger partial charge in [0.15, 0.2) is 0 Å². The third kappa shape index (κ3) is 24.7. The number of hydrogen-bond donors (Lipinski definition) is 12. The van der Waals surface area contributed by atoms with Crippen LogP contribution >= 0.6 is 11.3 Å². The molecule has 29 heteroatoms. The summed E-state index contributed by atoms with van der Waals surface area (Å²) in [4.78, 5) is 144. The lowest BCUT2D eigenvalue weighted by molar-refractivity contribution is -0.148. The Morgan fingerprint density at radius 2 is 1.43 bits per heavy atom. The van der Waals surface area contributed by atoms with Gasteiger partial charge >= 0.3 is 12.1 Å². The number of carbonyl (C=O) groups is 10. The Hall–Kier alpha value is -7.83. The normalized spacial score (nSPS) is 16.6. The molecule has 1 aliphatic rings. The van der Waals surface area contributed by atoms with Crippen LogP contribution in [0.2, 0.25) is 0 Å². The van der Waals surface area contributed by atoms with E-state index in [4.69, 9.17) is 31.4 Å². The van der Waals surface area contributed by atoms with Crippen LogP contribution in [0.25, 0.3) is 0 Å². The highest BCUT2D eigenvalue weighted by Crippen LogP contribution is 2.31. The van der Waals surface area contributed by atoms with Crippen molar-refractivity contribution in [3.8, 4) is 0 Å². The van der Waals surface area contributed by atoms with Crippen LogP contribution in [0.15, 0.2) is 66.2 Å². The highest BCUT2D eigenvalue weighted by molar-refractivity contribution is 7.09. The largest absolute Gasteiger partial charge is 0.445 e. The molecule has 28 nitrogen and oxygen atoms in total. The SMILES string of the molecule is CC[C@H](C)[C@@H]([C@@H](CC(=O)N1CCC[C@H]1[C@H](OC)[C@@H](C)C(=O)N[C@@H](Cc1ccccc1)c1nccs1)OC)N(C)C(=O)[C@@H](NC(=O)C(C)(C)NC(=O)OCc1ccc(NC(=O)[C@H](CCCNC(N)=O)NC(=O)[C@@H](NC(=O)[C@H](CCCCN)NC(=O)[C@H](N)CO)C(C)C)cc1)C(C)C. The van der Waals surface area contributed by atoms with Gasteiger partial charge in [-0.3, -0.25) is 38.4 Å². The average Bonchev–Trinajstić information content (AvgIpc) is 1.21. The predicted octanol–water partition coefficient (Wildman–Crippen LogP) is 3.26. The number of thiazole rings is 1. The van der Waals surface area contributed by atoms with Crippen LogP contribution < -0.4 is 59.7 Å². The second-order valence-corrected chi connectivity index (χ2v) is 26.7. The number of nitrogens with one attached hydrogen (secondary N) is 8. The number of unbranched alkanes of at least 4 members (excludes halogenated alkanes) is 1. The highest BCUT2D eigenvalue weighted by atomic mass is 32.1. The number of likely N-dealkylation sites (tertiary alicyclic amines) is 1. The standard InChI is InChI=1S/C67H106N14O14S/c1-13-41(6)55(51(93-11)36-52(83)81-33-20-25-50(81)56(94-12)42(7)57(84)76-49(62-71-32-34-96-62)35-43-21-15-14-16-22-43)80(10)63(89)54(40(4)5)78-64(90)67(8,9)79-66(92)95-38-44-26-28-45(29-27-44)73-59(86)48(24-19-31-72-65(70)91)75-61(88)53(39(2)3)77-60(87)47(23-17-18-30-68)74-58(85)46(69)37-82/h14-16,21-22,26-29,32,34,39-42,46-51,53-56,82H,13,17-20,23-25,30-31,33,35-38,68-69H2,1-12H3,(H,73,86)(H,74,85)(H,75,88)(H,76,84)(H,77,87)(H,78,90)(H,79,92)(H3,70,72,91)/t41-,42+,46+,47-,48-,49-,50-,51+,53-,54-,55-,56+/m0/s1. The van der Waals surface area contributed by atoms with E-state index in [1.165, 1.54) is 49.3 Å². The number of hydrogen-bond acceptors (Lipinski definition) is 18. The summed E-state index contributed by atoms with van der Waals surface area (Å²) < 4.78 is 17.7. The molecule has 15 N–H and O–H groups in total. The van der Waals surface area contributed by atoms with Crippen molar-refractivity contribution in [1.29, 1.82) is 0 Å². The molecule has 2 aromatic carbocycles. The van der Waals surface area contributed by atoms with Gasteiger partial charge in [0.25, 0.3) is 0 Å². The minimum absolute atomic E-state index is 0.0283. The van der Waals surface area contributed by atoms with Crippen molar-refractivity contribution in [3.05, 3.63) is 82.3 Å². The molecule has 534 valence electrons. The first kappa shape index (κ1) is 80.6. The molecule has 0 bridgehead atoms. The number of carbonyl (C=O) groups excluding carboxylic acids is 10. The van der Waals surface area contributed by atoms with E-state index in [-0.39, 0.29) is 62.6 Å². The molecule has 11 amide bonds. The Labute approximate surface area is 568 Å². The maximum atomic E-state index is 14.7. The number of amides is 11. The molecule has 0 saturated carbocycles. The molecular weight excluding hydrogens is 1260 g/mol. The van der Waals surface area contributed by atoms with Crippen molar-refractivity contribution in [2.45, 2.75) is 199 Å². The maximum Gasteiger partial charge on any atom is 0.408 e. The Morgan fingerprint density at radius 3 is 2.01 bits per heavy atom. The first-order valence-electron chi connectivity index (χ1n) is 33.0. The molecule has 1 fully saturated rings. The fraction of sp³-hybridized carbons (Fsp3) is 0.627. The zero-order valence-corrected chi connectivity index (χ0v) is 58.6. The van der Waals surface area contributed by atoms with E-state index >= 15 is 0 Å². The number of alkyl carbamates (subject to hydrolysis) is 1. The molecule has 96 heavy (non-hydrogen) atoms. The van der Waals surface area contributed by atoms with E-state index in [2.05, 4.69) is 47.5 Å². The third-order valence-corrected chi connectivity index (χ3v) is 18.3.